The highest BCUT2D eigenvalue weighted by atomic mass is 32.2. The van der Waals surface area contributed by atoms with Gasteiger partial charge in [-0.05, 0) is 48.7 Å². The van der Waals surface area contributed by atoms with E-state index >= 15 is 0 Å². The van der Waals surface area contributed by atoms with E-state index in [0.717, 1.165) is 25.3 Å². The monoisotopic (exact) mass is 476 g/mol. The summed E-state index contributed by atoms with van der Waals surface area (Å²) in [4.78, 5) is 22.1. The molecule has 10 nitrogen and oxygen atoms in total. The number of piperidine rings is 1. The molecule has 3 rings (SSSR count). The van der Waals surface area contributed by atoms with E-state index in [1.165, 1.54) is 48.9 Å². The number of esters is 1. The second kappa shape index (κ2) is 10.5. The molecule has 0 aromatic heterocycles. The first-order valence-electron chi connectivity index (χ1n) is 10.2. The van der Waals surface area contributed by atoms with Crippen LogP contribution in [0.2, 0.25) is 0 Å². The molecule has 0 spiro atoms. The third kappa shape index (κ3) is 5.68. The number of carbonyl (C=O) groups excluding carboxylic acids is 1. The lowest BCUT2D eigenvalue weighted by Gasteiger charge is -2.25. The minimum absolute atomic E-state index is 0.131. The van der Waals surface area contributed by atoms with Gasteiger partial charge in [0.1, 0.15) is 0 Å². The van der Waals surface area contributed by atoms with Crippen molar-refractivity contribution >= 4 is 27.8 Å². The van der Waals surface area contributed by atoms with Crippen molar-refractivity contribution in [3.8, 4) is 17.2 Å². The van der Waals surface area contributed by atoms with Crippen molar-refractivity contribution in [3.63, 3.8) is 0 Å². The van der Waals surface area contributed by atoms with Crippen LogP contribution >= 0.6 is 0 Å². The van der Waals surface area contributed by atoms with Crippen molar-refractivity contribution < 1.29 is 32.3 Å². The highest BCUT2D eigenvalue weighted by Gasteiger charge is 2.29. The summed E-state index contributed by atoms with van der Waals surface area (Å²) in [5, 5.41) is 11.7. The van der Waals surface area contributed by atoms with Gasteiger partial charge in [0, 0.05) is 25.2 Å². The van der Waals surface area contributed by atoms with E-state index in [1.807, 2.05) is 0 Å². The van der Waals surface area contributed by atoms with Crippen LogP contribution in [-0.4, -0.2) is 50.9 Å². The zero-order valence-electron chi connectivity index (χ0n) is 18.2. The Balaban J connectivity index is 1.91. The molecule has 176 valence electrons. The van der Waals surface area contributed by atoms with Crippen molar-refractivity contribution in [1.82, 2.24) is 4.31 Å². The molecule has 0 unspecified atom stereocenters. The number of hydrogen-bond acceptors (Lipinski definition) is 8. The van der Waals surface area contributed by atoms with Crippen LogP contribution in [0.5, 0.6) is 17.2 Å². The molecule has 2 aromatic carbocycles. The van der Waals surface area contributed by atoms with Crippen LogP contribution in [0.15, 0.2) is 47.4 Å². The molecule has 0 atom stereocenters. The maximum Gasteiger partial charge on any atom is 0.330 e. The van der Waals surface area contributed by atoms with Crippen LogP contribution in [0.3, 0.4) is 0 Å². The molecule has 2 aromatic rings. The number of carbonyl (C=O) groups is 1. The van der Waals surface area contributed by atoms with Gasteiger partial charge in [0.05, 0.1) is 24.0 Å². The summed E-state index contributed by atoms with van der Waals surface area (Å²) in [7, 11) is -1.17. The highest BCUT2D eigenvalue weighted by molar-refractivity contribution is 7.89. The molecular weight excluding hydrogens is 452 g/mol. The Morgan fingerprint density at radius 2 is 1.73 bits per heavy atom. The standard InChI is InChI=1S/C22H24N2O8S/c1-30-21-14-16(7-11-22(25)31-2)6-9-20(21)32-19-10-8-17(15-18(19)24(26)27)33(28,29)23-12-4-3-5-13-23/h6-11,14-15H,3-5,12-13H2,1-2H3/b11-7+. The lowest BCUT2D eigenvalue weighted by molar-refractivity contribution is -0.385. The molecule has 1 fully saturated rings. The molecule has 0 aliphatic carbocycles. The highest BCUT2D eigenvalue weighted by Crippen LogP contribution is 2.38. The lowest BCUT2D eigenvalue weighted by atomic mass is 10.2. The summed E-state index contributed by atoms with van der Waals surface area (Å²) in [5.74, 6) is -0.206. The maximum absolute atomic E-state index is 12.9. The van der Waals surface area contributed by atoms with E-state index in [2.05, 4.69) is 4.74 Å². The van der Waals surface area contributed by atoms with Gasteiger partial charge in [0.2, 0.25) is 15.8 Å². The van der Waals surface area contributed by atoms with Gasteiger partial charge in [0.25, 0.3) is 0 Å². The largest absolute Gasteiger partial charge is 0.493 e. The average Bonchev–Trinajstić information content (AvgIpc) is 2.83. The Morgan fingerprint density at radius 3 is 2.36 bits per heavy atom. The molecule has 11 heteroatoms. The first kappa shape index (κ1) is 24.2. The fraction of sp³-hybridized carbons (Fsp3) is 0.318. The van der Waals surface area contributed by atoms with Crippen molar-refractivity contribution in [2.75, 3.05) is 27.3 Å². The van der Waals surface area contributed by atoms with Crippen molar-refractivity contribution in [1.29, 1.82) is 0 Å². The van der Waals surface area contributed by atoms with Crippen molar-refractivity contribution in [2.24, 2.45) is 0 Å². The fourth-order valence-corrected chi connectivity index (χ4v) is 4.90. The second-order valence-corrected chi connectivity index (χ2v) is 9.16. The van der Waals surface area contributed by atoms with Gasteiger partial charge in [-0.3, -0.25) is 10.1 Å². The third-order valence-corrected chi connectivity index (χ3v) is 7.00. The number of rotatable bonds is 8. The summed E-state index contributed by atoms with van der Waals surface area (Å²) in [6.45, 7) is 0.782. The Labute approximate surface area is 191 Å². The summed E-state index contributed by atoms with van der Waals surface area (Å²) in [5.41, 5.74) is 0.131. The number of methoxy groups -OCH3 is 2. The lowest BCUT2D eigenvalue weighted by Crippen LogP contribution is -2.35. The molecule has 1 heterocycles. The van der Waals surface area contributed by atoms with Gasteiger partial charge < -0.3 is 14.2 Å². The van der Waals surface area contributed by atoms with E-state index in [4.69, 9.17) is 9.47 Å². The molecule has 0 N–H and O–H groups in total. The summed E-state index contributed by atoms with van der Waals surface area (Å²) < 4.78 is 42.7. The number of benzene rings is 2. The number of ether oxygens (including phenoxy) is 3. The quantitative estimate of drug-likeness (QED) is 0.244. The zero-order chi connectivity index (χ0) is 24.0. The number of sulfonamides is 1. The minimum Gasteiger partial charge on any atom is -0.493 e. The molecule has 0 saturated carbocycles. The predicted octanol–water partition coefficient (Wildman–Crippen LogP) is 3.76. The topological polar surface area (TPSA) is 125 Å². The molecule has 33 heavy (non-hydrogen) atoms. The van der Waals surface area contributed by atoms with Crippen molar-refractivity contribution in [3.05, 3.63) is 58.2 Å². The van der Waals surface area contributed by atoms with E-state index in [9.17, 15) is 23.3 Å². The van der Waals surface area contributed by atoms with Gasteiger partial charge in [-0.1, -0.05) is 12.5 Å². The second-order valence-electron chi connectivity index (χ2n) is 7.22. The normalized spacial score (nSPS) is 14.7. The van der Waals surface area contributed by atoms with E-state index < -0.39 is 26.6 Å². The Hall–Kier alpha value is -3.44. The average molecular weight is 477 g/mol. The number of nitrogens with zero attached hydrogens (tertiary/aromatic N) is 2. The smallest absolute Gasteiger partial charge is 0.330 e. The van der Waals surface area contributed by atoms with Gasteiger partial charge in [-0.2, -0.15) is 4.31 Å². The molecular formula is C22H24N2O8S. The van der Waals surface area contributed by atoms with Crippen LogP contribution in [0, 0.1) is 10.1 Å². The summed E-state index contributed by atoms with van der Waals surface area (Å²) >= 11 is 0. The predicted molar refractivity (Wildman–Crippen MR) is 120 cm³/mol. The van der Waals surface area contributed by atoms with Gasteiger partial charge >= 0.3 is 11.7 Å². The van der Waals surface area contributed by atoms with E-state index in [-0.39, 0.29) is 22.1 Å². The number of hydrogen-bond donors (Lipinski definition) is 0. The molecule has 1 saturated heterocycles. The molecule has 0 radical (unpaired) electrons. The molecule has 0 bridgehead atoms. The molecule has 1 aliphatic heterocycles. The Morgan fingerprint density at radius 1 is 1.03 bits per heavy atom. The minimum atomic E-state index is -3.84. The van der Waals surface area contributed by atoms with Gasteiger partial charge in [-0.25, -0.2) is 13.2 Å². The van der Waals surface area contributed by atoms with Crippen molar-refractivity contribution in [2.45, 2.75) is 24.2 Å². The first-order chi connectivity index (χ1) is 15.8. The summed E-state index contributed by atoms with van der Waals surface area (Å²) in [6.07, 6.45) is 5.22. The fourth-order valence-electron chi connectivity index (χ4n) is 3.36. The van der Waals surface area contributed by atoms with Crippen LogP contribution in [0.4, 0.5) is 5.69 Å². The number of nitro benzene ring substituents is 1. The van der Waals surface area contributed by atoms with E-state index in [0.29, 0.717) is 18.7 Å². The maximum atomic E-state index is 12.9. The van der Waals surface area contributed by atoms with Gasteiger partial charge in [0.15, 0.2) is 11.5 Å². The SMILES string of the molecule is COC(=O)/C=C/c1ccc(Oc2ccc(S(=O)(=O)N3CCCCC3)cc2[N+](=O)[O-])c(OC)c1. The zero-order valence-corrected chi connectivity index (χ0v) is 19.0. The Kier molecular flexibility index (Phi) is 7.67. The van der Waals surface area contributed by atoms with Crippen LogP contribution in [0.1, 0.15) is 24.8 Å². The summed E-state index contributed by atoms with van der Waals surface area (Å²) in [6, 6.07) is 8.30. The molecule has 0 amide bonds. The first-order valence-corrected chi connectivity index (χ1v) is 11.6. The van der Waals surface area contributed by atoms with E-state index in [1.54, 1.807) is 12.1 Å². The number of nitro groups is 1. The third-order valence-electron chi connectivity index (χ3n) is 5.10. The molecule has 1 aliphatic rings. The Bertz CT molecular complexity index is 1170. The van der Waals surface area contributed by atoms with Gasteiger partial charge in [-0.15, -0.1) is 0 Å². The van der Waals surface area contributed by atoms with Crippen LogP contribution < -0.4 is 9.47 Å². The van der Waals surface area contributed by atoms with Crippen LogP contribution in [0.25, 0.3) is 6.08 Å². The van der Waals surface area contributed by atoms with Crippen LogP contribution in [-0.2, 0) is 19.6 Å².